The van der Waals surface area contributed by atoms with Gasteiger partial charge < -0.3 is 10.1 Å². The Hall–Kier alpha value is -2.36. The van der Waals surface area contributed by atoms with Crippen molar-refractivity contribution in [2.45, 2.75) is 26.4 Å². The third-order valence-corrected chi connectivity index (χ3v) is 2.86. The minimum atomic E-state index is -0.967. The number of ether oxygens (including phenoxy) is 1. The fraction of sp³-hybridized carbons (Fsp3) is 0.250. The van der Waals surface area contributed by atoms with Gasteiger partial charge in [-0.2, -0.15) is 0 Å². The van der Waals surface area contributed by atoms with E-state index in [1.54, 1.807) is 38.4 Å². The summed E-state index contributed by atoms with van der Waals surface area (Å²) in [5, 5.41) is 2.79. The molecule has 1 amide bonds. The van der Waals surface area contributed by atoms with Crippen molar-refractivity contribution in [1.82, 2.24) is 4.98 Å². The number of carbonyl (C=O) groups excluding carboxylic acids is 1. The van der Waals surface area contributed by atoms with E-state index in [2.05, 4.69) is 10.3 Å². The van der Waals surface area contributed by atoms with Gasteiger partial charge in [-0.3, -0.25) is 9.78 Å². The Balaban J connectivity index is 2.05. The normalized spacial score (nSPS) is 10.9. The minimum Gasteiger partial charge on any atom is -0.478 e. The maximum Gasteiger partial charge on any atom is 0.268 e. The molecule has 0 saturated carbocycles. The number of hydrogen-bond donors (Lipinski definition) is 1. The molecule has 1 heterocycles. The van der Waals surface area contributed by atoms with E-state index in [-0.39, 0.29) is 5.91 Å². The monoisotopic (exact) mass is 270 g/mol. The van der Waals surface area contributed by atoms with Crippen LogP contribution in [-0.2, 0) is 4.79 Å². The standard InChI is InChI=1S/C16H18N2O2/c1-12-6-8-14(9-7-12)20-16(2,3)15(19)18-13-5-4-10-17-11-13/h4-11H,1-3H3,(H,18,19). The fourth-order valence-electron chi connectivity index (χ4n) is 1.67. The molecule has 0 atom stereocenters. The van der Waals surface area contributed by atoms with Crippen molar-refractivity contribution >= 4 is 11.6 Å². The number of anilines is 1. The SMILES string of the molecule is Cc1ccc(OC(C)(C)C(=O)Nc2cccnc2)cc1. The summed E-state index contributed by atoms with van der Waals surface area (Å²) >= 11 is 0. The molecule has 20 heavy (non-hydrogen) atoms. The van der Waals surface area contributed by atoms with Crippen LogP contribution in [0.1, 0.15) is 19.4 Å². The van der Waals surface area contributed by atoms with Gasteiger partial charge in [0.15, 0.2) is 5.60 Å². The Morgan fingerprint density at radius 1 is 1.20 bits per heavy atom. The third kappa shape index (κ3) is 3.57. The molecule has 0 bridgehead atoms. The number of nitrogens with one attached hydrogen (secondary N) is 1. The largest absolute Gasteiger partial charge is 0.478 e. The van der Waals surface area contributed by atoms with Gasteiger partial charge in [0.2, 0.25) is 0 Å². The van der Waals surface area contributed by atoms with Gasteiger partial charge in [0, 0.05) is 6.20 Å². The highest BCUT2D eigenvalue weighted by molar-refractivity contribution is 5.96. The summed E-state index contributed by atoms with van der Waals surface area (Å²) in [6.45, 7) is 5.47. The summed E-state index contributed by atoms with van der Waals surface area (Å²) < 4.78 is 5.76. The molecule has 2 aromatic rings. The van der Waals surface area contributed by atoms with Crippen LogP contribution in [0.5, 0.6) is 5.75 Å². The molecule has 4 nitrogen and oxygen atoms in total. The van der Waals surface area contributed by atoms with E-state index in [0.717, 1.165) is 5.56 Å². The van der Waals surface area contributed by atoms with E-state index in [4.69, 9.17) is 4.74 Å². The van der Waals surface area contributed by atoms with Crippen LogP contribution in [0.3, 0.4) is 0 Å². The van der Waals surface area contributed by atoms with Crippen molar-refractivity contribution in [2.75, 3.05) is 5.32 Å². The molecular weight excluding hydrogens is 252 g/mol. The van der Waals surface area contributed by atoms with Crippen LogP contribution in [0.4, 0.5) is 5.69 Å². The van der Waals surface area contributed by atoms with Crippen LogP contribution in [0.2, 0.25) is 0 Å². The number of nitrogens with zero attached hydrogens (tertiary/aromatic N) is 1. The van der Waals surface area contributed by atoms with E-state index < -0.39 is 5.60 Å². The molecule has 0 aliphatic heterocycles. The van der Waals surface area contributed by atoms with E-state index in [9.17, 15) is 4.79 Å². The molecule has 1 N–H and O–H groups in total. The maximum atomic E-state index is 12.2. The molecular formula is C16H18N2O2. The van der Waals surface area contributed by atoms with Crippen LogP contribution in [-0.4, -0.2) is 16.5 Å². The second kappa shape index (κ2) is 5.74. The predicted molar refractivity (Wildman–Crippen MR) is 78.8 cm³/mol. The molecule has 0 aliphatic carbocycles. The zero-order valence-corrected chi connectivity index (χ0v) is 11.9. The van der Waals surface area contributed by atoms with Crippen molar-refractivity contribution in [3.8, 4) is 5.75 Å². The van der Waals surface area contributed by atoms with Crippen molar-refractivity contribution < 1.29 is 9.53 Å². The third-order valence-electron chi connectivity index (χ3n) is 2.86. The number of rotatable bonds is 4. The van der Waals surface area contributed by atoms with Crippen LogP contribution < -0.4 is 10.1 Å². The quantitative estimate of drug-likeness (QED) is 0.928. The number of hydrogen-bond acceptors (Lipinski definition) is 3. The highest BCUT2D eigenvalue weighted by Gasteiger charge is 2.30. The number of benzene rings is 1. The number of carbonyl (C=O) groups is 1. The van der Waals surface area contributed by atoms with Crippen LogP contribution in [0.25, 0.3) is 0 Å². The zero-order valence-electron chi connectivity index (χ0n) is 11.9. The van der Waals surface area contributed by atoms with Gasteiger partial charge >= 0.3 is 0 Å². The molecule has 0 radical (unpaired) electrons. The number of amides is 1. The van der Waals surface area contributed by atoms with E-state index in [0.29, 0.717) is 11.4 Å². The first-order valence-corrected chi connectivity index (χ1v) is 6.44. The van der Waals surface area contributed by atoms with Gasteiger partial charge in [0.1, 0.15) is 5.75 Å². The summed E-state index contributed by atoms with van der Waals surface area (Å²) in [5.74, 6) is 0.452. The van der Waals surface area contributed by atoms with E-state index in [1.165, 1.54) is 0 Å². The fourth-order valence-corrected chi connectivity index (χ4v) is 1.67. The number of pyridine rings is 1. The average molecular weight is 270 g/mol. The minimum absolute atomic E-state index is 0.217. The first-order valence-electron chi connectivity index (χ1n) is 6.44. The Kier molecular flexibility index (Phi) is 4.03. The first kappa shape index (κ1) is 14.1. The van der Waals surface area contributed by atoms with E-state index >= 15 is 0 Å². The summed E-state index contributed by atoms with van der Waals surface area (Å²) in [4.78, 5) is 16.2. The topological polar surface area (TPSA) is 51.2 Å². The number of aryl methyl sites for hydroxylation is 1. The lowest BCUT2D eigenvalue weighted by molar-refractivity contribution is -0.128. The number of aromatic nitrogens is 1. The van der Waals surface area contributed by atoms with Gasteiger partial charge in [-0.05, 0) is 45.0 Å². The zero-order chi connectivity index (χ0) is 14.6. The van der Waals surface area contributed by atoms with Gasteiger partial charge in [0.25, 0.3) is 5.91 Å². The lowest BCUT2D eigenvalue weighted by Crippen LogP contribution is -2.42. The van der Waals surface area contributed by atoms with E-state index in [1.807, 2.05) is 31.2 Å². The Bertz CT molecular complexity index is 577. The molecule has 0 fully saturated rings. The van der Waals surface area contributed by atoms with Gasteiger partial charge in [-0.25, -0.2) is 0 Å². The Labute approximate surface area is 118 Å². The average Bonchev–Trinajstić information content (AvgIpc) is 2.42. The highest BCUT2D eigenvalue weighted by atomic mass is 16.5. The molecule has 0 aliphatic rings. The summed E-state index contributed by atoms with van der Waals surface area (Å²) in [6, 6.07) is 11.2. The Morgan fingerprint density at radius 2 is 1.90 bits per heavy atom. The van der Waals surface area contributed by atoms with Gasteiger partial charge in [-0.1, -0.05) is 17.7 Å². The van der Waals surface area contributed by atoms with Crippen molar-refractivity contribution in [3.63, 3.8) is 0 Å². The molecule has 1 aromatic heterocycles. The molecule has 2 rings (SSSR count). The summed E-state index contributed by atoms with van der Waals surface area (Å²) in [5.41, 5.74) is 0.832. The molecule has 4 heteroatoms. The van der Waals surface area contributed by atoms with Gasteiger partial charge in [-0.15, -0.1) is 0 Å². The predicted octanol–water partition coefficient (Wildman–Crippen LogP) is 3.19. The van der Waals surface area contributed by atoms with Crippen molar-refractivity contribution in [2.24, 2.45) is 0 Å². The molecule has 104 valence electrons. The second-order valence-electron chi connectivity index (χ2n) is 5.12. The van der Waals surface area contributed by atoms with Crippen molar-refractivity contribution in [3.05, 3.63) is 54.4 Å². The van der Waals surface area contributed by atoms with Crippen LogP contribution in [0.15, 0.2) is 48.8 Å². The highest BCUT2D eigenvalue weighted by Crippen LogP contribution is 2.20. The molecule has 1 aromatic carbocycles. The maximum absolute atomic E-state index is 12.2. The van der Waals surface area contributed by atoms with Crippen LogP contribution in [0, 0.1) is 6.92 Å². The lowest BCUT2D eigenvalue weighted by atomic mass is 10.1. The van der Waals surface area contributed by atoms with Crippen molar-refractivity contribution in [1.29, 1.82) is 0 Å². The van der Waals surface area contributed by atoms with Crippen LogP contribution >= 0.6 is 0 Å². The summed E-state index contributed by atoms with van der Waals surface area (Å²) in [7, 11) is 0. The smallest absolute Gasteiger partial charge is 0.268 e. The molecule has 0 spiro atoms. The lowest BCUT2D eigenvalue weighted by Gasteiger charge is -2.25. The summed E-state index contributed by atoms with van der Waals surface area (Å²) in [6.07, 6.45) is 3.25. The second-order valence-corrected chi connectivity index (χ2v) is 5.12. The first-order chi connectivity index (χ1) is 9.47. The molecule has 0 saturated heterocycles. The molecule has 0 unspecified atom stereocenters. The van der Waals surface area contributed by atoms with Gasteiger partial charge in [0.05, 0.1) is 11.9 Å². The Morgan fingerprint density at radius 3 is 2.50 bits per heavy atom.